The molecule has 7 heteroatoms. The molecule has 1 aliphatic heterocycles. The number of piperidine rings is 1. The van der Waals surface area contributed by atoms with Gasteiger partial charge in [-0.05, 0) is 69.9 Å². The molecule has 1 atom stereocenters. The number of halogens is 1. The summed E-state index contributed by atoms with van der Waals surface area (Å²) < 4.78 is 13.5. The first-order chi connectivity index (χ1) is 15.8. The van der Waals surface area contributed by atoms with E-state index in [1.165, 1.54) is 18.2 Å². The Kier molecular flexibility index (Phi) is 8.20. The summed E-state index contributed by atoms with van der Waals surface area (Å²) in [6.45, 7) is 7.76. The summed E-state index contributed by atoms with van der Waals surface area (Å²) in [5, 5.41) is 2.98. The fourth-order valence-corrected chi connectivity index (χ4v) is 4.36. The molecule has 3 amide bonds. The maximum absolute atomic E-state index is 13.5. The van der Waals surface area contributed by atoms with Gasteiger partial charge in [-0.3, -0.25) is 14.4 Å². The molecule has 1 aliphatic rings. The second kappa shape index (κ2) is 11.1. The monoisotopic (exact) mass is 453 g/mol. The van der Waals surface area contributed by atoms with Gasteiger partial charge in [0.2, 0.25) is 5.91 Å². The molecule has 1 fully saturated rings. The van der Waals surface area contributed by atoms with Crippen molar-refractivity contribution in [3.63, 3.8) is 0 Å². The van der Waals surface area contributed by atoms with Crippen molar-refractivity contribution in [2.45, 2.75) is 39.7 Å². The Labute approximate surface area is 194 Å². The summed E-state index contributed by atoms with van der Waals surface area (Å²) in [7, 11) is 0. The van der Waals surface area contributed by atoms with Crippen LogP contribution in [0.3, 0.4) is 0 Å². The highest BCUT2D eigenvalue weighted by Gasteiger charge is 2.35. The Morgan fingerprint density at radius 2 is 1.67 bits per heavy atom. The molecule has 0 unspecified atom stereocenters. The minimum Gasteiger partial charge on any atom is -0.341 e. The van der Waals surface area contributed by atoms with Crippen LogP contribution in [0, 0.1) is 18.7 Å². The zero-order chi connectivity index (χ0) is 24.0. The van der Waals surface area contributed by atoms with E-state index in [2.05, 4.69) is 5.32 Å². The average Bonchev–Trinajstić information content (AvgIpc) is 2.82. The summed E-state index contributed by atoms with van der Waals surface area (Å²) in [5.41, 5.74) is 1.81. The molecule has 2 aromatic rings. The molecule has 0 bridgehead atoms. The topological polar surface area (TPSA) is 69.7 Å². The van der Waals surface area contributed by atoms with Gasteiger partial charge in [0.25, 0.3) is 11.8 Å². The molecule has 0 radical (unpaired) electrons. The van der Waals surface area contributed by atoms with E-state index in [1.54, 1.807) is 28.0 Å². The number of likely N-dealkylation sites (tertiary alicyclic amines) is 1. The van der Waals surface area contributed by atoms with Gasteiger partial charge >= 0.3 is 0 Å². The summed E-state index contributed by atoms with van der Waals surface area (Å²) in [6.07, 6.45) is 1.15. The molecule has 0 spiro atoms. The van der Waals surface area contributed by atoms with E-state index < -0.39 is 11.9 Å². The van der Waals surface area contributed by atoms with Crippen LogP contribution < -0.4 is 5.32 Å². The predicted molar refractivity (Wildman–Crippen MR) is 125 cm³/mol. The van der Waals surface area contributed by atoms with Crippen molar-refractivity contribution < 1.29 is 18.8 Å². The highest BCUT2D eigenvalue weighted by atomic mass is 19.1. The van der Waals surface area contributed by atoms with E-state index in [4.69, 9.17) is 0 Å². The van der Waals surface area contributed by atoms with Crippen molar-refractivity contribution in [3.8, 4) is 0 Å². The van der Waals surface area contributed by atoms with Gasteiger partial charge in [0.05, 0.1) is 0 Å². The van der Waals surface area contributed by atoms with E-state index in [0.29, 0.717) is 50.1 Å². The number of hydrogen-bond donors (Lipinski definition) is 1. The van der Waals surface area contributed by atoms with Crippen LogP contribution in [-0.2, 0) is 4.79 Å². The third-order valence-electron chi connectivity index (χ3n) is 6.28. The smallest absolute Gasteiger partial charge is 0.253 e. The van der Waals surface area contributed by atoms with Crippen LogP contribution in [0.4, 0.5) is 4.39 Å². The lowest BCUT2D eigenvalue weighted by Crippen LogP contribution is -2.54. The fourth-order valence-electron chi connectivity index (χ4n) is 4.36. The normalized spacial score (nSPS) is 15.1. The number of carbonyl (C=O) groups is 3. The number of amides is 3. The minimum absolute atomic E-state index is 0.0941. The van der Waals surface area contributed by atoms with Crippen molar-refractivity contribution in [1.29, 1.82) is 0 Å². The first-order valence-corrected chi connectivity index (χ1v) is 11.5. The first kappa shape index (κ1) is 24.4. The third-order valence-corrected chi connectivity index (χ3v) is 6.28. The van der Waals surface area contributed by atoms with Crippen molar-refractivity contribution >= 4 is 17.7 Å². The van der Waals surface area contributed by atoms with Crippen molar-refractivity contribution in [3.05, 3.63) is 71.0 Å². The Balaban J connectivity index is 1.73. The van der Waals surface area contributed by atoms with Gasteiger partial charge in [-0.15, -0.1) is 0 Å². The SMILES string of the molecule is CCN(CC)C(=O)[C@@H](NC(=O)c1cccc(C)c1)C1CCN(C(=O)c2cccc(F)c2)CC1. The number of aryl methyl sites for hydroxylation is 1. The predicted octanol–water partition coefficient (Wildman–Crippen LogP) is 3.65. The Morgan fingerprint density at radius 3 is 2.27 bits per heavy atom. The number of likely N-dealkylation sites (N-methyl/N-ethyl adjacent to an activating group) is 1. The van der Waals surface area contributed by atoms with E-state index in [-0.39, 0.29) is 23.6 Å². The summed E-state index contributed by atoms with van der Waals surface area (Å²) in [6, 6.07) is 12.3. The fraction of sp³-hybridized carbons (Fsp3) is 0.423. The second-order valence-corrected chi connectivity index (χ2v) is 8.47. The summed E-state index contributed by atoms with van der Waals surface area (Å²) in [5.74, 6) is -1.13. The molecule has 0 aromatic heterocycles. The highest BCUT2D eigenvalue weighted by molar-refractivity contribution is 5.98. The van der Waals surface area contributed by atoms with Gasteiger partial charge in [-0.25, -0.2) is 4.39 Å². The maximum atomic E-state index is 13.5. The van der Waals surface area contributed by atoms with Gasteiger partial charge < -0.3 is 15.1 Å². The lowest BCUT2D eigenvalue weighted by Gasteiger charge is -2.37. The van der Waals surface area contributed by atoms with E-state index in [0.717, 1.165) is 5.56 Å². The molecule has 1 heterocycles. The van der Waals surface area contributed by atoms with Crippen LogP contribution in [0.2, 0.25) is 0 Å². The standard InChI is InChI=1S/C26H32FN3O3/c1-4-29(5-2)26(33)23(28-24(31)20-9-6-8-18(3)16-20)19-12-14-30(15-13-19)25(32)21-10-7-11-22(27)17-21/h6-11,16-17,19,23H,4-5,12-15H2,1-3H3,(H,28,31)/t23-/m0/s1. The zero-order valence-corrected chi connectivity index (χ0v) is 19.5. The van der Waals surface area contributed by atoms with E-state index >= 15 is 0 Å². The number of nitrogens with zero attached hydrogens (tertiary/aromatic N) is 2. The average molecular weight is 454 g/mol. The number of carbonyl (C=O) groups excluding carboxylic acids is 3. The number of hydrogen-bond acceptors (Lipinski definition) is 3. The van der Waals surface area contributed by atoms with Crippen LogP contribution in [0.25, 0.3) is 0 Å². The zero-order valence-electron chi connectivity index (χ0n) is 19.5. The Morgan fingerprint density at radius 1 is 1.03 bits per heavy atom. The van der Waals surface area contributed by atoms with E-state index in [9.17, 15) is 18.8 Å². The van der Waals surface area contributed by atoms with E-state index in [1.807, 2.05) is 32.9 Å². The van der Waals surface area contributed by atoms with Crippen LogP contribution in [0.15, 0.2) is 48.5 Å². The molecule has 6 nitrogen and oxygen atoms in total. The number of benzene rings is 2. The lowest BCUT2D eigenvalue weighted by molar-refractivity contribution is -0.134. The molecule has 3 rings (SSSR count). The first-order valence-electron chi connectivity index (χ1n) is 11.5. The van der Waals surface area contributed by atoms with Crippen LogP contribution in [0.1, 0.15) is 53.0 Å². The van der Waals surface area contributed by atoms with Crippen LogP contribution in [0.5, 0.6) is 0 Å². The summed E-state index contributed by atoms with van der Waals surface area (Å²) >= 11 is 0. The molecule has 1 saturated heterocycles. The molecule has 0 saturated carbocycles. The second-order valence-electron chi connectivity index (χ2n) is 8.47. The van der Waals surface area contributed by atoms with Gasteiger partial charge in [0.15, 0.2) is 0 Å². The number of rotatable bonds is 7. The molecule has 2 aromatic carbocycles. The van der Waals surface area contributed by atoms with Gasteiger partial charge in [-0.2, -0.15) is 0 Å². The highest BCUT2D eigenvalue weighted by Crippen LogP contribution is 2.24. The van der Waals surface area contributed by atoms with Gasteiger partial charge in [0, 0.05) is 37.3 Å². The lowest BCUT2D eigenvalue weighted by atomic mass is 9.87. The quantitative estimate of drug-likeness (QED) is 0.696. The summed E-state index contributed by atoms with van der Waals surface area (Å²) in [4.78, 5) is 42.5. The maximum Gasteiger partial charge on any atom is 0.253 e. The molecule has 0 aliphatic carbocycles. The van der Waals surface area contributed by atoms with Crippen molar-refractivity contribution in [1.82, 2.24) is 15.1 Å². The minimum atomic E-state index is -0.663. The van der Waals surface area contributed by atoms with Gasteiger partial charge in [-0.1, -0.05) is 23.8 Å². The molecule has 1 N–H and O–H groups in total. The third kappa shape index (κ3) is 5.97. The van der Waals surface area contributed by atoms with Crippen molar-refractivity contribution in [2.75, 3.05) is 26.2 Å². The molecular weight excluding hydrogens is 421 g/mol. The Hall–Kier alpha value is -3.22. The largest absolute Gasteiger partial charge is 0.341 e. The van der Waals surface area contributed by atoms with Crippen LogP contribution >= 0.6 is 0 Å². The van der Waals surface area contributed by atoms with Crippen molar-refractivity contribution in [2.24, 2.45) is 5.92 Å². The molecule has 176 valence electrons. The van der Waals surface area contributed by atoms with Crippen LogP contribution in [-0.4, -0.2) is 59.7 Å². The molecular formula is C26H32FN3O3. The Bertz CT molecular complexity index is 998. The van der Waals surface area contributed by atoms with Gasteiger partial charge in [0.1, 0.15) is 11.9 Å². The number of nitrogens with one attached hydrogen (secondary N) is 1. The molecule has 33 heavy (non-hydrogen) atoms.